The maximum absolute atomic E-state index is 5.89. The predicted octanol–water partition coefficient (Wildman–Crippen LogP) is 2.99. The minimum absolute atomic E-state index is 0.0246. The highest BCUT2D eigenvalue weighted by atomic mass is 16.5. The second-order valence-electron chi connectivity index (χ2n) is 6.50. The van der Waals surface area contributed by atoms with E-state index < -0.39 is 0 Å². The number of rotatable bonds is 7. The lowest BCUT2D eigenvalue weighted by Crippen LogP contribution is -2.40. The monoisotopic (exact) mass is 257 g/mol. The molecule has 0 radical (unpaired) electrons. The third kappa shape index (κ3) is 6.17. The Bertz CT molecular complexity index is 217. The molecule has 1 rings (SSSR count). The van der Waals surface area contributed by atoms with E-state index in [0.717, 1.165) is 52.2 Å². The minimum atomic E-state index is -0.0246. The van der Waals surface area contributed by atoms with Crippen LogP contribution in [-0.2, 0) is 9.47 Å². The molecule has 1 fully saturated rings. The molecule has 0 aromatic rings. The zero-order valence-electron chi connectivity index (χ0n) is 12.7. The summed E-state index contributed by atoms with van der Waals surface area (Å²) >= 11 is 0. The molecule has 0 amide bonds. The molecular formula is C15H31NO2. The summed E-state index contributed by atoms with van der Waals surface area (Å²) in [5.41, 5.74) is 0.363. The average molecular weight is 257 g/mol. The molecule has 3 heteroatoms. The maximum Gasteiger partial charge on any atom is 0.0598 e. The Hall–Kier alpha value is -0.120. The van der Waals surface area contributed by atoms with Crippen molar-refractivity contribution in [2.24, 2.45) is 5.41 Å². The van der Waals surface area contributed by atoms with Crippen LogP contribution in [0.15, 0.2) is 0 Å². The van der Waals surface area contributed by atoms with Crippen molar-refractivity contribution in [2.45, 2.75) is 59.0 Å². The predicted molar refractivity (Wildman–Crippen MR) is 76.0 cm³/mol. The van der Waals surface area contributed by atoms with Gasteiger partial charge in [0.05, 0.1) is 5.60 Å². The lowest BCUT2D eigenvalue weighted by Gasteiger charge is -2.38. The van der Waals surface area contributed by atoms with E-state index in [9.17, 15) is 0 Å². The fourth-order valence-electron chi connectivity index (χ4n) is 2.42. The molecule has 0 atom stereocenters. The molecule has 1 N–H and O–H groups in total. The first-order chi connectivity index (χ1) is 8.47. The second-order valence-corrected chi connectivity index (χ2v) is 6.50. The van der Waals surface area contributed by atoms with Gasteiger partial charge in [0.15, 0.2) is 0 Å². The standard InChI is InChI=1S/C15H31NO2/c1-5-9-16-13-15(6-10-17-11-7-15)8-12-18-14(2,3)4/h16H,5-13H2,1-4H3. The smallest absolute Gasteiger partial charge is 0.0598 e. The normalized spacial score (nSPS) is 20.0. The van der Waals surface area contributed by atoms with Gasteiger partial charge in [0, 0.05) is 26.4 Å². The molecule has 18 heavy (non-hydrogen) atoms. The average Bonchev–Trinajstić information content (AvgIpc) is 2.29. The molecular weight excluding hydrogens is 226 g/mol. The molecule has 1 aliphatic rings. The molecule has 3 nitrogen and oxygen atoms in total. The Morgan fingerprint density at radius 3 is 2.44 bits per heavy atom. The molecule has 0 unspecified atom stereocenters. The minimum Gasteiger partial charge on any atom is -0.381 e. The van der Waals surface area contributed by atoms with Gasteiger partial charge in [-0.1, -0.05) is 6.92 Å². The molecule has 1 heterocycles. The molecule has 0 aliphatic carbocycles. The number of hydrogen-bond acceptors (Lipinski definition) is 3. The summed E-state index contributed by atoms with van der Waals surface area (Å²) in [7, 11) is 0. The van der Waals surface area contributed by atoms with Crippen molar-refractivity contribution < 1.29 is 9.47 Å². The highest BCUT2D eigenvalue weighted by Crippen LogP contribution is 2.34. The summed E-state index contributed by atoms with van der Waals surface area (Å²) in [5, 5.41) is 3.58. The van der Waals surface area contributed by atoms with Crippen molar-refractivity contribution in [1.82, 2.24) is 5.32 Å². The van der Waals surface area contributed by atoms with Crippen molar-refractivity contribution in [3.05, 3.63) is 0 Å². The van der Waals surface area contributed by atoms with Gasteiger partial charge in [-0.05, 0) is 58.4 Å². The van der Waals surface area contributed by atoms with Crippen LogP contribution in [0.5, 0.6) is 0 Å². The largest absolute Gasteiger partial charge is 0.381 e. The van der Waals surface area contributed by atoms with Gasteiger partial charge in [-0.25, -0.2) is 0 Å². The molecule has 1 saturated heterocycles. The van der Waals surface area contributed by atoms with E-state index in [2.05, 4.69) is 33.0 Å². The summed E-state index contributed by atoms with van der Waals surface area (Å²) in [6.07, 6.45) is 4.67. The van der Waals surface area contributed by atoms with Crippen molar-refractivity contribution in [3.8, 4) is 0 Å². The highest BCUT2D eigenvalue weighted by molar-refractivity contribution is 4.84. The van der Waals surface area contributed by atoms with Crippen molar-refractivity contribution >= 4 is 0 Å². The SMILES string of the molecule is CCCNCC1(CCOC(C)(C)C)CCOCC1. The van der Waals surface area contributed by atoms with Gasteiger partial charge in [-0.3, -0.25) is 0 Å². The Morgan fingerprint density at radius 1 is 1.22 bits per heavy atom. The first kappa shape index (κ1) is 15.9. The van der Waals surface area contributed by atoms with Crippen LogP contribution in [0.2, 0.25) is 0 Å². The lowest BCUT2D eigenvalue weighted by molar-refractivity contribution is -0.0430. The molecule has 1 aliphatic heterocycles. The van der Waals surface area contributed by atoms with E-state index in [1.54, 1.807) is 0 Å². The zero-order valence-corrected chi connectivity index (χ0v) is 12.7. The first-order valence-electron chi connectivity index (χ1n) is 7.40. The van der Waals surface area contributed by atoms with Gasteiger partial charge in [-0.15, -0.1) is 0 Å². The number of ether oxygens (including phenoxy) is 2. The Morgan fingerprint density at radius 2 is 1.89 bits per heavy atom. The van der Waals surface area contributed by atoms with Crippen LogP contribution in [-0.4, -0.2) is 38.5 Å². The highest BCUT2D eigenvalue weighted by Gasteiger charge is 2.32. The molecule has 0 saturated carbocycles. The van der Waals surface area contributed by atoms with Gasteiger partial charge < -0.3 is 14.8 Å². The lowest BCUT2D eigenvalue weighted by atomic mass is 9.77. The van der Waals surface area contributed by atoms with Gasteiger partial charge in [-0.2, -0.15) is 0 Å². The summed E-state index contributed by atoms with van der Waals surface area (Å²) in [4.78, 5) is 0. The van der Waals surface area contributed by atoms with Gasteiger partial charge >= 0.3 is 0 Å². The Labute approximate surface area is 113 Å². The quantitative estimate of drug-likeness (QED) is 0.711. The number of nitrogens with one attached hydrogen (secondary N) is 1. The second kappa shape index (κ2) is 7.46. The van der Waals surface area contributed by atoms with E-state index in [1.807, 2.05) is 0 Å². The molecule has 0 spiro atoms. The van der Waals surface area contributed by atoms with E-state index in [0.29, 0.717) is 5.41 Å². The van der Waals surface area contributed by atoms with E-state index in [-0.39, 0.29) is 5.60 Å². The zero-order chi connectivity index (χ0) is 13.5. The summed E-state index contributed by atoms with van der Waals surface area (Å²) < 4.78 is 11.4. The van der Waals surface area contributed by atoms with Crippen molar-refractivity contribution in [1.29, 1.82) is 0 Å². The summed E-state index contributed by atoms with van der Waals surface area (Å²) in [5.74, 6) is 0. The van der Waals surface area contributed by atoms with E-state index >= 15 is 0 Å². The summed E-state index contributed by atoms with van der Waals surface area (Å²) in [6.45, 7) is 13.5. The van der Waals surface area contributed by atoms with Crippen LogP contribution in [0.25, 0.3) is 0 Å². The van der Waals surface area contributed by atoms with E-state index in [4.69, 9.17) is 9.47 Å². The van der Waals surface area contributed by atoms with Crippen LogP contribution in [0.4, 0.5) is 0 Å². The van der Waals surface area contributed by atoms with Crippen LogP contribution in [0.1, 0.15) is 53.4 Å². The molecule has 0 aromatic carbocycles. The van der Waals surface area contributed by atoms with Gasteiger partial charge in [0.2, 0.25) is 0 Å². The van der Waals surface area contributed by atoms with Crippen LogP contribution < -0.4 is 5.32 Å². The van der Waals surface area contributed by atoms with Crippen molar-refractivity contribution in [2.75, 3.05) is 32.9 Å². The molecule has 108 valence electrons. The Balaban J connectivity index is 2.39. The first-order valence-corrected chi connectivity index (χ1v) is 7.40. The van der Waals surface area contributed by atoms with Gasteiger partial charge in [0.1, 0.15) is 0 Å². The van der Waals surface area contributed by atoms with Crippen LogP contribution >= 0.6 is 0 Å². The summed E-state index contributed by atoms with van der Waals surface area (Å²) in [6, 6.07) is 0. The fourth-order valence-corrected chi connectivity index (χ4v) is 2.42. The van der Waals surface area contributed by atoms with Crippen molar-refractivity contribution in [3.63, 3.8) is 0 Å². The fraction of sp³-hybridized carbons (Fsp3) is 1.00. The van der Waals surface area contributed by atoms with Gasteiger partial charge in [0.25, 0.3) is 0 Å². The maximum atomic E-state index is 5.89. The molecule has 0 bridgehead atoms. The van der Waals surface area contributed by atoms with Crippen LogP contribution in [0, 0.1) is 5.41 Å². The molecule has 0 aromatic heterocycles. The van der Waals surface area contributed by atoms with E-state index in [1.165, 1.54) is 6.42 Å². The Kier molecular flexibility index (Phi) is 6.61. The number of hydrogen-bond donors (Lipinski definition) is 1. The topological polar surface area (TPSA) is 30.5 Å². The van der Waals surface area contributed by atoms with Crippen LogP contribution in [0.3, 0.4) is 0 Å². The third-order valence-corrected chi connectivity index (χ3v) is 3.65. The third-order valence-electron chi connectivity index (χ3n) is 3.65.